The Morgan fingerprint density at radius 2 is 1.84 bits per heavy atom. The van der Waals surface area contributed by atoms with Crippen LogP contribution >= 0.6 is 0 Å². The average Bonchev–Trinajstić information content (AvgIpc) is 3.57. The highest BCUT2D eigenvalue weighted by atomic mass is 16.5. The number of ether oxygens (including phenoxy) is 1. The molecule has 0 unspecified atom stereocenters. The summed E-state index contributed by atoms with van der Waals surface area (Å²) in [6, 6.07) is 17.6. The third-order valence-electron chi connectivity index (χ3n) is 6.32. The van der Waals surface area contributed by atoms with E-state index in [2.05, 4.69) is 20.5 Å². The Hall–Kier alpha value is -4.42. The van der Waals surface area contributed by atoms with Crippen LogP contribution in [0.2, 0.25) is 0 Å². The van der Waals surface area contributed by atoms with E-state index in [1.165, 1.54) is 20.3 Å². The summed E-state index contributed by atoms with van der Waals surface area (Å²) in [4.78, 5) is 41.6. The van der Waals surface area contributed by atoms with Gasteiger partial charge >= 0.3 is 5.69 Å². The van der Waals surface area contributed by atoms with Gasteiger partial charge in [0.05, 0.1) is 19.2 Å². The van der Waals surface area contributed by atoms with Crippen LogP contribution in [-0.4, -0.2) is 53.5 Å². The highest BCUT2D eigenvalue weighted by Gasteiger charge is 2.41. The molecule has 3 heterocycles. The average molecular weight is 504 g/mol. The smallest absolute Gasteiger partial charge is 0.330 e. The number of nitrogens with one attached hydrogen (secondary N) is 1. The molecule has 5 rings (SSSR count). The van der Waals surface area contributed by atoms with E-state index in [9.17, 15) is 19.5 Å². The molecule has 2 N–H and O–H groups in total. The maximum atomic E-state index is 13.6. The van der Waals surface area contributed by atoms with Gasteiger partial charge in [-0.25, -0.2) is 9.48 Å². The highest BCUT2D eigenvalue weighted by Crippen LogP contribution is 2.37. The summed E-state index contributed by atoms with van der Waals surface area (Å²) in [5.41, 5.74) is 0.573. The first-order chi connectivity index (χ1) is 18.0. The number of nitrogens with zero attached hydrogens (tertiary/aromatic N) is 6. The zero-order chi connectivity index (χ0) is 25.9. The number of anilines is 1. The Morgan fingerprint density at radius 1 is 1.14 bits per heavy atom. The lowest BCUT2D eigenvalue weighted by Gasteiger charge is -2.24. The molecule has 2 aromatic heterocycles. The zero-order valence-electron chi connectivity index (χ0n) is 20.0. The largest absolute Gasteiger partial charge is 0.394 e. The van der Waals surface area contributed by atoms with E-state index in [0.717, 1.165) is 5.56 Å². The van der Waals surface area contributed by atoms with Gasteiger partial charge in [0.15, 0.2) is 0 Å². The molecule has 0 spiro atoms. The molecule has 0 bridgehead atoms. The summed E-state index contributed by atoms with van der Waals surface area (Å²) in [7, 11) is 0. The van der Waals surface area contributed by atoms with E-state index in [-0.39, 0.29) is 31.4 Å². The molecule has 1 fully saturated rings. The number of aromatic amines is 1. The number of aryl methyl sites for hydroxylation is 1. The number of rotatable bonds is 7. The summed E-state index contributed by atoms with van der Waals surface area (Å²) in [5, 5.41) is 22.2. The first kappa shape index (κ1) is 24.3. The van der Waals surface area contributed by atoms with E-state index in [4.69, 9.17) is 4.74 Å². The first-order valence-corrected chi connectivity index (χ1v) is 11.7. The van der Waals surface area contributed by atoms with Crippen molar-refractivity contribution in [1.82, 2.24) is 29.8 Å². The number of carbonyl (C=O) groups is 1. The minimum atomic E-state index is -0.783. The van der Waals surface area contributed by atoms with Crippen molar-refractivity contribution < 1.29 is 14.6 Å². The van der Waals surface area contributed by atoms with Crippen LogP contribution in [0.15, 0.2) is 76.4 Å². The van der Waals surface area contributed by atoms with Crippen LogP contribution in [0.4, 0.5) is 5.95 Å². The Bertz CT molecular complexity index is 1500. The second-order valence-corrected chi connectivity index (χ2v) is 8.76. The van der Waals surface area contributed by atoms with Crippen molar-refractivity contribution in [2.24, 2.45) is 0 Å². The monoisotopic (exact) mass is 503 g/mol. The van der Waals surface area contributed by atoms with Crippen LogP contribution < -0.4 is 16.1 Å². The molecule has 1 saturated heterocycles. The van der Waals surface area contributed by atoms with E-state index >= 15 is 0 Å². The molecule has 0 radical (unpaired) electrons. The van der Waals surface area contributed by atoms with Crippen molar-refractivity contribution in [2.45, 2.75) is 38.3 Å². The molecule has 12 heteroatoms. The Kier molecular flexibility index (Phi) is 6.75. The van der Waals surface area contributed by atoms with Crippen LogP contribution in [0.25, 0.3) is 0 Å². The maximum Gasteiger partial charge on any atom is 0.330 e. The van der Waals surface area contributed by atoms with Gasteiger partial charge in [0, 0.05) is 23.7 Å². The molecule has 37 heavy (non-hydrogen) atoms. The van der Waals surface area contributed by atoms with Crippen molar-refractivity contribution in [3.05, 3.63) is 104 Å². The molecule has 0 aliphatic carbocycles. The summed E-state index contributed by atoms with van der Waals surface area (Å²) < 4.78 is 8.71. The number of aliphatic hydroxyl groups excluding tert-OH is 1. The highest BCUT2D eigenvalue weighted by molar-refractivity contribution is 6.05. The third kappa shape index (κ3) is 4.84. The quantitative estimate of drug-likeness (QED) is 0.382. The molecule has 2 aromatic carbocycles. The van der Waals surface area contributed by atoms with Gasteiger partial charge in [0.2, 0.25) is 0 Å². The number of aliphatic hydroxyl groups is 1. The van der Waals surface area contributed by atoms with E-state index < -0.39 is 29.6 Å². The Balaban J connectivity index is 1.52. The van der Waals surface area contributed by atoms with Crippen LogP contribution in [0.3, 0.4) is 0 Å². The minimum absolute atomic E-state index is 0.176. The van der Waals surface area contributed by atoms with Crippen LogP contribution in [0, 0.1) is 6.92 Å². The standard InChI is InChI=1S/C25H25N7O5/c1-16-13-30(25(36)26-22(16)34)21-12-19(20(15-33)37-21)32-24(27-28-29-32)31(14-17-8-4-2-5-9-17)23(35)18-10-6-3-7-11-18/h2-11,13,19-21,33H,12,14-15H2,1H3,(H,26,34,36)/t19-,20+,21+/m0/s1. The second-order valence-electron chi connectivity index (χ2n) is 8.76. The molecule has 1 aliphatic rings. The number of aromatic nitrogens is 6. The topological polar surface area (TPSA) is 148 Å². The van der Waals surface area contributed by atoms with E-state index in [0.29, 0.717) is 11.1 Å². The van der Waals surface area contributed by atoms with Crippen molar-refractivity contribution >= 4 is 11.9 Å². The molecule has 0 saturated carbocycles. The van der Waals surface area contributed by atoms with Crippen LogP contribution in [0.1, 0.15) is 40.2 Å². The molecular weight excluding hydrogens is 478 g/mol. The Morgan fingerprint density at radius 3 is 2.54 bits per heavy atom. The second kappa shape index (κ2) is 10.3. The van der Waals surface area contributed by atoms with Gasteiger partial charge in [-0.2, -0.15) is 0 Å². The van der Waals surface area contributed by atoms with Crippen molar-refractivity contribution in [3.8, 4) is 0 Å². The van der Waals surface area contributed by atoms with Crippen molar-refractivity contribution in [3.63, 3.8) is 0 Å². The van der Waals surface area contributed by atoms with Gasteiger partial charge in [-0.15, -0.1) is 0 Å². The zero-order valence-corrected chi connectivity index (χ0v) is 20.0. The summed E-state index contributed by atoms with van der Waals surface area (Å²) in [6.45, 7) is 1.41. The maximum absolute atomic E-state index is 13.6. The molecule has 1 amide bonds. The predicted molar refractivity (Wildman–Crippen MR) is 132 cm³/mol. The minimum Gasteiger partial charge on any atom is -0.394 e. The summed E-state index contributed by atoms with van der Waals surface area (Å²) >= 11 is 0. The fraction of sp³-hybridized carbons (Fsp3) is 0.280. The lowest BCUT2D eigenvalue weighted by atomic mass is 10.1. The molecule has 3 atom stereocenters. The number of tetrazole rings is 1. The van der Waals surface area contributed by atoms with Crippen molar-refractivity contribution in [1.29, 1.82) is 0 Å². The third-order valence-corrected chi connectivity index (χ3v) is 6.32. The molecule has 12 nitrogen and oxygen atoms in total. The van der Waals surface area contributed by atoms with Gasteiger partial charge in [0.25, 0.3) is 17.4 Å². The van der Waals surface area contributed by atoms with Gasteiger partial charge < -0.3 is 9.84 Å². The van der Waals surface area contributed by atoms with Gasteiger partial charge in [-0.3, -0.25) is 24.0 Å². The number of amides is 1. The SMILES string of the molecule is Cc1cn([C@H]2C[C@H](n3nnnc3N(Cc3ccccc3)C(=O)c3ccccc3)[C@@H](CO)O2)c(=O)[nH]c1=O. The number of carbonyl (C=O) groups excluding carboxylic acids is 1. The molecular formula is C25H25N7O5. The predicted octanol–water partition coefficient (Wildman–Crippen LogP) is 1.20. The van der Waals surface area contributed by atoms with Gasteiger partial charge in [-0.05, 0) is 35.0 Å². The number of hydrogen-bond acceptors (Lipinski definition) is 8. The van der Waals surface area contributed by atoms with Crippen molar-refractivity contribution in [2.75, 3.05) is 11.5 Å². The molecule has 1 aliphatic heterocycles. The fourth-order valence-corrected chi connectivity index (χ4v) is 4.42. The molecule has 190 valence electrons. The fourth-order valence-electron chi connectivity index (χ4n) is 4.42. The van der Waals surface area contributed by atoms with Gasteiger partial charge in [0.1, 0.15) is 12.3 Å². The van der Waals surface area contributed by atoms with Crippen LogP contribution in [0.5, 0.6) is 0 Å². The Labute approximate surface area is 210 Å². The van der Waals surface area contributed by atoms with E-state index in [1.807, 2.05) is 36.4 Å². The first-order valence-electron chi connectivity index (χ1n) is 11.7. The summed E-state index contributed by atoms with van der Waals surface area (Å²) in [6.07, 6.45) is 0.0865. The number of benzene rings is 2. The normalized spacial score (nSPS) is 19.1. The van der Waals surface area contributed by atoms with E-state index in [1.54, 1.807) is 31.2 Å². The van der Waals surface area contributed by atoms with Gasteiger partial charge in [-0.1, -0.05) is 53.6 Å². The summed E-state index contributed by atoms with van der Waals surface area (Å²) in [5.74, 6) is -0.126. The lowest BCUT2D eigenvalue weighted by Crippen LogP contribution is -2.35. The lowest BCUT2D eigenvalue weighted by molar-refractivity contribution is -0.0322. The molecule has 4 aromatic rings. The number of hydrogen-bond donors (Lipinski definition) is 2. The number of H-pyrrole nitrogens is 1. The van der Waals surface area contributed by atoms with Crippen LogP contribution in [-0.2, 0) is 11.3 Å².